The van der Waals surface area contributed by atoms with Gasteiger partial charge >= 0.3 is 0 Å². The summed E-state index contributed by atoms with van der Waals surface area (Å²) in [5.41, 5.74) is 1.25. The summed E-state index contributed by atoms with van der Waals surface area (Å²) in [5.74, 6) is 0.104. The van der Waals surface area contributed by atoms with Crippen LogP contribution in [-0.4, -0.2) is 31.5 Å². The number of hydrogen-bond donors (Lipinski definition) is 2. The zero-order valence-corrected chi connectivity index (χ0v) is 13.5. The summed E-state index contributed by atoms with van der Waals surface area (Å²) < 4.78 is 5.30. The molecule has 0 aromatic heterocycles. The quantitative estimate of drug-likeness (QED) is 0.692. The van der Waals surface area contributed by atoms with E-state index in [1.807, 2.05) is 36.4 Å². The van der Waals surface area contributed by atoms with Crippen LogP contribution < -0.4 is 15.4 Å². The van der Waals surface area contributed by atoms with Crippen molar-refractivity contribution in [2.45, 2.75) is 12.8 Å². The first-order valence-electron chi connectivity index (χ1n) is 7.99. The van der Waals surface area contributed by atoms with Crippen molar-refractivity contribution in [1.29, 1.82) is 0 Å². The minimum atomic E-state index is -0.321. The van der Waals surface area contributed by atoms with Gasteiger partial charge < -0.3 is 15.4 Å². The molecule has 5 nitrogen and oxygen atoms in total. The highest BCUT2D eigenvalue weighted by atomic mass is 16.5. The van der Waals surface area contributed by atoms with Gasteiger partial charge in [0.05, 0.1) is 6.54 Å². The summed E-state index contributed by atoms with van der Waals surface area (Å²) in [6.45, 7) is 0.442. The first-order chi connectivity index (χ1) is 11.7. The third kappa shape index (κ3) is 6.96. The SMILES string of the molecule is O=C(CNC(=O)COc1ccccc1)NCCCc1ccccc1. The third-order valence-electron chi connectivity index (χ3n) is 3.37. The average Bonchev–Trinajstić information content (AvgIpc) is 2.63. The molecule has 0 bridgehead atoms. The van der Waals surface area contributed by atoms with Gasteiger partial charge in [0.2, 0.25) is 5.91 Å². The van der Waals surface area contributed by atoms with E-state index in [9.17, 15) is 9.59 Å². The van der Waals surface area contributed by atoms with Crippen molar-refractivity contribution in [3.05, 3.63) is 66.2 Å². The molecule has 0 saturated carbocycles. The van der Waals surface area contributed by atoms with E-state index in [0.717, 1.165) is 12.8 Å². The van der Waals surface area contributed by atoms with Gasteiger partial charge in [0.1, 0.15) is 5.75 Å². The third-order valence-corrected chi connectivity index (χ3v) is 3.37. The van der Waals surface area contributed by atoms with Crippen LogP contribution in [0.15, 0.2) is 60.7 Å². The first kappa shape index (κ1) is 17.5. The van der Waals surface area contributed by atoms with E-state index in [1.165, 1.54) is 5.56 Å². The highest BCUT2D eigenvalue weighted by molar-refractivity contribution is 5.85. The van der Waals surface area contributed by atoms with Gasteiger partial charge in [0.15, 0.2) is 6.61 Å². The van der Waals surface area contributed by atoms with Crippen LogP contribution in [0.1, 0.15) is 12.0 Å². The van der Waals surface area contributed by atoms with E-state index in [4.69, 9.17) is 4.74 Å². The molecule has 5 heteroatoms. The zero-order chi connectivity index (χ0) is 17.0. The monoisotopic (exact) mass is 326 g/mol. The molecule has 126 valence electrons. The number of hydrogen-bond acceptors (Lipinski definition) is 3. The fraction of sp³-hybridized carbons (Fsp3) is 0.263. The lowest BCUT2D eigenvalue weighted by atomic mass is 10.1. The Morgan fingerprint density at radius 3 is 2.21 bits per heavy atom. The predicted molar refractivity (Wildman–Crippen MR) is 92.7 cm³/mol. The Kier molecular flexibility index (Phi) is 7.34. The molecule has 0 aliphatic carbocycles. The molecule has 0 heterocycles. The standard InChI is InChI=1S/C19H22N2O3/c22-18(20-13-7-10-16-8-3-1-4-9-16)14-21-19(23)15-24-17-11-5-2-6-12-17/h1-6,8-9,11-12H,7,10,13-15H2,(H,20,22)(H,21,23). The van der Waals surface area contributed by atoms with Crippen LogP contribution in [0.5, 0.6) is 5.75 Å². The number of carbonyl (C=O) groups is 2. The molecule has 2 amide bonds. The van der Waals surface area contributed by atoms with Gasteiger partial charge in [-0.25, -0.2) is 0 Å². The lowest BCUT2D eigenvalue weighted by Gasteiger charge is -2.08. The minimum absolute atomic E-state index is 0.0394. The van der Waals surface area contributed by atoms with E-state index in [1.54, 1.807) is 12.1 Å². The van der Waals surface area contributed by atoms with Gasteiger partial charge in [0, 0.05) is 6.54 Å². The van der Waals surface area contributed by atoms with Crippen molar-refractivity contribution >= 4 is 11.8 Å². The molecule has 0 saturated heterocycles. The molecule has 0 atom stereocenters. The maximum absolute atomic E-state index is 11.7. The fourth-order valence-electron chi connectivity index (χ4n) is 2.12. The van der Waals surface area contributed by atoms with Crippen LogP contribution >= 0.6 is 0 Å². The highest BCUT2D eigenvalue weighted by Gasteiger charge is 2.06. The number of carbonyl (C=O) groups excluding carboxylic acids is 2. The van der Waals surface area contributed by atoms with Crippen molar-refractivity contribution in [3.63, 3.8) is 0 Å². The molecule has 2 N–H and O–H groups in total. The lowest BCUT2D eigenvalue weighted by Crippen LogP contribution is -2.39. The van der Waals surface area contributed by atoms with E-state index in [-0.39, 0.29) is 25.0 Å². The molecule has 0 unspecified atom stereocenters. The summed E-state index contributed by atoms with van der Waals surface area (Å²) in [6.07, 6.45) is 1.78. The van der Waals surface area contributed by atoms with Gasteiger partial charge in [-0.2, -0.15) is 0 Å². The lowest BCUT2D eigenvalue weighted by molar-refractivity contribution is -0.127. The number of nitrogens with one attached hydrogen (secondary N) is 2. The summed E-state index contributed by atoms with van der Waals surface area (Å²) >= 11 is 0. The van der Waals surface area contributed by atoms with Gasteiger partial charge in [0.25, 0.3) is 5.91 Å². The highest BCUT2D eigenvalue weighted by Crippen LogP contribution is 2.07. The van der Waals surface area contributed by atoms with Crippen molar-refractivity contribution in [1.82, 2.24) is 10.6 Å². The maximum atomic E-state index is 11.7. The van der Waals surface area contributed by atoms with Crippen LogP contribution in [0, 0.1) is 0 Å². The Hall–Kier alpha value is -2.82. The van der Waals surface area contributed by atoms with Crippen molar-refractivity contribution < 1.29 is 14.3 Å². The van der Waals surface area contributed by atoms with Crippen molar-refractivity contribution in [2.75, 3.05) is 19.7 Å². The Morgan fingerprint density at radius 1 is 0.833 bits per heavy atom. The van der Waals surface area contributed by atoms with E-state index in [2.05, 4.69) is 22.8 Å². The Bertz CT molecular complexity index is 630. The second-order valence-electron chi connectivity index (χ2n) is 5.32. The largest absolute Gasteiger partial charge is 0.484 e. The van der Waals surface area contributed by atoms with E-state index < -0.39 is 0 Å². The van der Waals surface area contributed by atoms with Gasteiger partial charge in [-0.1, -0.05) is 48.5 Å². The number of amides is 2. The first-order valence-corrected chi connectivity index (χ1v) is 7.99. The second kappa shape index (κ2) is 10.0. The molecule has 0 aliphatic heterocycles. The second-order valence-corrected chi connectivity index (χ2v) is 5.32. The molecule has 0 aliphatic rings. The molecule has 2 rings (SSSR count). The zero-order valence-electron chi connectivity index (χ0n) is 13.5. The topological polar surface area (TPSA) is 67.4 Å². The molecule has 2 aromatic carbocycles. The van der Waals surface area contributed by atoms with Crippen LogP contribution in [0.3, 0.4) is 0 Å². The smallest absolute Gasteiger partial charge is 0.258 e. The Balaban J connectivity index is 1.53. The molecular formula is C19H22N2O3. The van der Waals surface area contributed by atoms with E-state index >= 15 is 0 Å². The number of aryl methyl sites for hydroxylation is 1. The maximum Gasteiger partial charge on any atom is 0.258 e. The Morgan fingerprint density at radius 2 is 1.50 bits per heavy atom. The summed E-state index contributed by atoms with van der Waals surface area (Å²) in [7, 11) is 0. The summed E-state index contributed by atoms with van der Waals surface area (Å²) in [4.78, 5) is 23.3. The van der Waals surface area contributed by atoms with Crippen molar-refractivity contribution in [3.8, 4) is 5.75 Å². The number of ether oxygens (including phenoxy) is 1. The number of benzene rings is 2. The summed E-state index contributed by atoms with van der Waals surface area (Å²) in [6, 6.07) is 19.2. The molecule has 0 spiro atoms. The van der Waals surface area contributed by atoms with Crippen LogP contribution in [0.25, 0.3) is 0 Å². The van der Waals surface area contributed by atoms with Crippen molar-refractivity contribution in [2.24, 2.45) is 0 Å². The Labute approximate surface area is 142 Å². The average molecular weight is 326 g/mol. The fourth-order valence-corrected chi connectivity index (χ4v) is 2.12. The van der Waals surface area contributed by atoms with Crippen LogP contribution in [0.4, 0.5) is 0 Å². The predicted octanol–water partition coefficient (Wildman–Crippen LogP) is 1.93. The molecule has 24 heavy (non-hydrogen) atoms. The van der Waals surface area contributed by atoms with Gasteiger partial charge in [-0.3, -0.25) is 9.59 Å². The number of rotatable bonds is 9. The molecule has 2 aromatic rings. The van der Waals surface area contributed by atoms with Crippen LogP contribution in [0.2, 0.25) is 0 Å². The molecule has 0 radical (unpaired) electrons. The van der Waals surface area contributed by atoms with Gasteiger partial charge in [-0.05, 0) is 30.5 Å². The minimum Gasteiger partial charge on any atom is -0.484 e. The normalized spacial score (nSPS) is 10.0. The molecule has 0 fully saturated rings. The van der Waals surface area contributed by atoms with Gasteiger partial charge in [-0.15, -0.1) is 0 Å². The molecular weight excluding hydrogens is 304 g/mol. The summed E-state index contributed by atoms with van der Waals surface area (Å²) in [5, 5.41) is 5.32. The van der Waals surface area contributed by atoms with E-state index in [0.29, 0.717) is 12.3 Å². The number of para-hydroxylation sites is 1. The van der Waals surface area contributed by atoms with Crippen LogP contribution in [-0.2, 0) is 16.0 Å².